The zero-order chi connectivity index (χ0) is 17.9. The molecule has 3 aromatic heterocycles. The predicted octanol–water partition coefficient (Wildman–Crippen LogP) is 4.17. The van der Waals surface area contributed by atoms with Crippen molar-refractivity contribution in [3.05, 3.63) is 72.8 Å². The van der Waals surface area contributed by atoms with Gasteiger partial charge in [0.1, 0.15) is 6.54 Å². The van der Waals surface area contributed by atoms with E-state index in [2.05, 4.69) is 38.4 Å². The Balaban J connectivity index is 1.56. The molecule has 0 amide bonds. The van der Waals surface area contributed by atoms with E-state index in [1.165, 1.54) is 0 Å². The summed E-state index contributed by atoms with van der Waals surface area (Å²) in [5.74, 6) is 1.50. The van der Waals surface area contributed by atoms with E-state index in [1.54, 1.807) is 6.20 Å². The first kappa shape index (κ1) is 16.2. The van der Waals surface area contributed by atoms with Crippen LogP contribution in [0.2, 0.25) is 0 Å². The molecule has 0 fully saturated rings. The van der Waals surface area contributed by atoms with Gasteiger partial charge < -0.3 is 4.52 Å². The number of nitrogens with zero attached hydrogens (tertiary/aromatic N) is 5. The molecule has 0 bridgehead atoms. The van der Waals surface area contributed by atoms with Crippen LogP contribution in [-0.2, 0) is 6.54 Å². The smallest absolute Gasteiger partial charge is 0.229 e. The van der Waals surface area contributed by atoms with Crippen molar-refractivity contribution in [2.24, 2.45) is 0 Å². The third-order valence-corrected chi connectivity index (χ3v) is 4.07. The summed E-state index contributed by atoms with van der Waals surface area (Å²) in [6.07, 6.45) is 5.56. The van der Waals surface area contributed by atoms with Crippen LogP contribution >= 0.6 is 0 Å². The Labute approximate surface area is 151 Å². The molecule has 4 aromatic rings. The number of benzene rings is 1. The number of pyridine rings is 1. The molecule has 0 spiro atoms. The van der Waals surface area contributed by atoms with Crippen LogP contribution in [0, 0.1) is 0 Å². The summed E-state index contributed by atoms with van der Waals surface area (Å²) in [4.78, 5) is 8.58. The lowest BCUT2D eigenvalue weighted by atomic mass is 10.0. The maximum atomic E-state index is 5.25. The average Bonchev–Trinajstić information content (AvgIpc) is 3.33. The summed E-state index contributed by atoms with van der Waals surface area (Å²) in [7, 11) is 0. The van der Waals surface area contributed by atoms with Crippen LogP contribution in [0.3, 0.4) is 0 Å². The van der Waals surface area contributed by atoms with Crippen molar-refractivity contribution in [2.75, 3.05) is 0 Å². The van der Waals surface area contributed by atoms with Crippen molar-refractivity contribution in [3.8, 4) is 22.4 Å². The highest BCUT2D eigenvalue weighted by molar-refractivity contribution is 5.70. The van der Waals surface area contributed by atoms with Crippen LogP contribution in [-0.4, -0.2) is 24.9 Å². The summed E-state index contributed by atoms with van der Waals surface area (Å²) >= 11 is 0. The van der Waals surface area contributed by atoms with E-state index in [-0.39, 0.29) is 5.92 Å². The molecule has 3 heterocycles. The number of rotatable bonds is 5. The van der Waals surface area contributed by atoms with Crippen LogP contribution < -0.4 is 0 Å². The van der Waals surface area contributed by atoms with Crippen molar-refractivity contribution >= 4 is 0 Å². The molecule has 130 valence electrons. The van der Waals surface area contributed by atoms with Gasteiger partial charge in [-0.2, -0.15) is 10.1 Å². The molecule has 26 heavy (non-hydrogen) atoms. The van der Waals surface area contributed by atoms with Crippen molar-refractivity contribution in [1.82, 2.24) is 24.9 Å². The molecular weight excluding hydrogens is 326 g/mol. The average molecular weight is 345 g/mol. The van der Waals surface area contributed by atoms with Gasteiger partial charge in [0.15, 0.2) is 5.82 Å². The van der Waals surface area contributed by atoms with Gasteiger partial charge in [-0.25, -0.2) is 0 Å². The number of hydrogen-bond donors (Lipinski definition) is 0. The highest BCUT2D eigenvalue weighted by Crippen LogP contribution is 2.25. The van der Waals surface area contributed by atoms with Gasteiger partial charge in [-0.05, 0) is 23.8 Å². The summed E-state index contributed by atoms with van der Waals surface area (Å²) in [5, 5.41) is 8.66. The molecule has 0 unspecified atom stereocenters. The van der Waals surface area contributed by atoms with Gasteiger partial charge >= 0.3 is 0 Å². The Bertz CT molecular complexity index is 1000. The van der Waals surface area contributed by atoms with Crippen LogP contribution in [0.15, 0.2) is 65.6 Å². The van der Waals surface area contributed by atoms with Crippen LogP contribution in [0.1, 0.15) is 31.5 Å². The lowest BCUT2D eigenvalue weighted by Gasteiger charge is -2.03. The second kappa shape index (κ2) is 6.92. The molecule has 4 rings (SSSR count). The van der Waals surface area contributed by atoms with Crippen molar-refractivity contribution in [2.45, 2.75) is 26.3 Å². The van der Waals surface area contributed by atoms with E-state index < -0.39 is 0 Å². The maximum absolute atomic E-state index is 5.25. The largest absolute Gasteiger partial charge is 0.339 e. The van der Waals surface area contributed by atoms with Crippen molar-refractivity contribution in [1.29, 1.82) is 0 Å². The summed E-state index contributed by atoms with van der Waals surface area (Å²) in [5.41, 5.74) is 4.16. The molecule has 0 aliphatic rings. The predicted molar refractivity (Wildman–Crippen MR) is 98.4 cm³/mol. The second-order valence-corrected chi connectivity index (χ2v) is 6.42. The van der Waals surface area contributed by atoms with Crippen molar-refractivity contribution < 1.29 is 4.52 Å². The Morgan fingerprint density at radius 2 is 1.88 bits per heavy atom. The van der Waals surface area contributed by atoms with Gasteiger partial charge in [0.2, 0.25) is 5.89 Å². The molecule has 0 aliphatic heterocycles. The SMILES string of the molecule is CC(C)c1nc(Cn2ccc(-c3cccc(-c4cccnc4)c3)n2)no1. The van der Waals surface area contributed by atoms with Crippen LogP contribution in [0.4, 0.5) is 0 Å². The minimum absolute atomic E-state index is 0.222. The topological polar surface area (TPSA) is 69.6 Å². The molecule has 1 aromatic carbocycles. The zero-order valence-corrected chi connectivity index (χ0v) is 14.7. The van der Waals surface area contributed by atoms with E-state index in [4.69, 9.17) is 4.52 Å². The monoisotopic (exact) mass is 345 g/mol. The van der Waals surface area contributed by atoms with E-state index in [9.17, 15) is 0 Å². The Kier molecular flexibility index (Phi) is 4.31. The highest BCUT2D eigenvalue weighted by Gasteiger charge is 2.11. The fourth-order valence-corrected chi connectivity index (χ4v) is 2.71. The zero-order valence-electron chi connectivity index (χ0n) is 14.7. The third kappa shape index (κ3) is 3.39. The maximum Gasteiger partial charge on any atom is 0.229 e. The number of aromatic nitrogens is 5. The minimum Gasteiger partial charge on any atom is -0.339 e. The fourth-order valence-electron chi connectivity index (χ4n) is 2.71. The normalized spacial score (nSPS) is 11.2. The second-order valence-electron chi connectivity index (χ2n) is 6.42. The van der Waals surface area contributed by atoms with Gasteiger partial charge in [0.05, 0.1) is 5.69 Å². The van der Waals surface area contributed by atoms with E-state index >= 15 is 0 Å². The lowest BCUT2D eigenvalue weighted by molar-refractivity contribution is 0.359. The molecule has 6 nitrogen and oxygen atoms in total. The van der Waals surface area contributed by atoms with Gasteiger partial charge in [-0.1, -0.05) is 43.3 Å². The van der Waals surface area contributed by atoms with Gasteiger partial charge in [0.25, 0.3) is 0 Å². The molecule has 0 atom stereocenters. The number of hydrogen-bond acceptors (Lipinski definition) is 5. The molecule has 0 aliphatic carbocycles. The summed E-state index contributed by atoms with van der Waals surface area (Å²) < 4.78 is 7.07. The molecule has 0 N–H and O–H groups in total. The minimum atomic E-state index is 0.222. The quantitative estimate of drug-likeness (QED) is 0.543. The first-order valence-corrected chi connectivity index (χ1v) is 8.56. The standard InChI is InChI=1S/C20H19N5O/c1-14(2)20-22-19(24-26-20)13-25-10-8-18(23-25)16-6-3-5-15(11-16)17-7-4-9-21-12-17/h3-12,14H,13H2,1-2H3. The van der Waals surface area contributed by atoms with Crippen LogP contribution in [0.5, 0.6) is 0 Å². The molecule has 0 saturated heterocycles. The Hall–Kier alpha value is -3.28. The summed E-state index contributed by atoms with van der Waals surface area (Å²) in [6.45, 7) is 4.54. The van der Waals surface area contributed by atoms with Gasteiger partial charge in [0, 0.05) is 35.6 Å². The fraction of sp³-hybridized carbons (Fsp3) is 0.200. The first-order chi connectivity index (χ1) is 12.7. The third-order valence-electron chi connectivity index (χ3n) is 4.07. The van der Waals surface area contributed by atoms with Gasteiger partial charge in [-0.15, -0.1) is 0 Å². The Morgan fingerprint density at radius 3 is 2.65 bits per heavy atom. The molecule has 0 saturated carbocycles. The molecular formula is C20H19N5O. The first-order valence-electron chi connectivity index (χ1n) is 8.56. The van der Waals surface area contributed by atoms with Crippen molar-refractivity contribution in [3.63, 3.8) is 0 Å². The van der Waals surface area contributed by atoms with Gasteiger partial charge in [-0.3, -0.25) is 9.67 Å². The van der Waals surface area contributed by atoms with E-state index in [0.717, 1.165) is 22.4 Å². The highest BCUT2D eigenvalue weighted by atomic mass is 16.5. The lowest BCUT2D eigenvalue weighted by Crippen LogP contribution is -2.02. The van der Waals surface area contributed by atoms with E-state index in [0.29, 0.717) is 18.3 Å². The molecule has 6 heteroatoms. The Morgan fingerprint density at radius 1 is 1.04 bits per heavy atom. The van der Waals surface area contributed by atoms with E-state index in [1.807, 2.05) is 55.2 Å². The summed E-state index contributed by atoms with van der Waals surface area (Å²) in [6, 6.07) is 14.3. The molecule has 0 radical (unpaired) electrons. The van der Waals surface area contributed by atoms with Crippen LogP contribution in [0.25, 0.3) is 22.4 Å².